The summed E-state index contributed by atoms with van der Waals surface area (Å²) < 4.78 is 0. The van der Waals surface area contributed by atoms with Crippen LogP contribution >= 0.6 is 0 Å². The zero-order valence-corrected chi connectivity index (χ0v) is 13.2. The molecule has 3 heteroatoms. The third kappa shape index (κ3) is 3.98. The summed E-state index contributed by atoms with van der Waals surface area (Å²) in [5.41, 5.74) is 3.87. The topological polar surface area (TPSA) is 35.8 Å². The summed E-state index contributed by atoms with van der Waals surface area (Å²) in [5, 5.41) is 12.2. The summed E-state index contributed by atoms with van der Waals surface area (Å²) in [7, 11) is 0. The molecule has 1 saturated carbocycles. The molecule has 0 unspecified atom stereocenters. The maximum atomic E-state index is 8.80. The molecule has 0 atom stereocenters. The molecule has 1 aromatic carbocycles. The van der Waals surface area contributed by atoms with E-state index in [-0.39, 0.29) is 0 Å². The van der Waals surface area contributed by atoms with Crippen molar-refractivity contribution in [2.75, 3.05) is 19.6 Å². The number of nitrogens with zero attached hydrogens (tertiary/aromatic N) is 2. The largest absolute Gasteiger partial charge is 0.411 e. The number of oxime groups is 1. The van der Waals surface area contributed by atoms with Crippen LogP contribution in [0.3, 0.4) is 0 Å². The Morgan fingerprint density at radius 2 is 1.86 bits per heavy atom. The Kier molecular flexibility index (Phi) is 5.28. The molecular weight excluding hydrogens is 272 g/mol. The standard InChI is InChI=1S/C19H26N2O/c22-20-19-8-6-16(7-9-19)10-13-21-14-11-18(12-15-21)17-4-2-1-3-5-17/h1-5,11,16,22H,6-10,12-15H2. The lowest BCUT2D eigenvalue weighted by molar-refractivity contribution is 0.260. The van der Waals surface area contributed by atoms with E-state index in [4.69, 9.17) is 5.21 Å². The molecule has 3 nitrogen and oxygen atoms in total. The first-order valence-corrected chi connectivity index (χ1v) is 8.52. The lowest BCUT2D eigenvalue weighted by Gasteiger charge is -2.29. The Labute approximate surface area is 133 Å². The maximum Gasteiger partial charge on any atom is 0.0571 e. The highest BCUT2D eigenvalue weighted by atomic mass is 16.4. The third-order valence-electron chi connectivity index (χ3n) is 5.12. The fourth-order valence-corrected chi connectivity index (χ4v) is 3.59. The van der Waals surface area contributed by atoms with Crippen LogP contribution in [-0.4, -0.2) is 35.5 Å². The van der Waals surface area contributed by atoms with Gasteiger partial charge in [0.05, 0.1) is 5.71 Å². The van der Waals surface area contributed by atoms with E-state index in [9.17, 15) is 0 Å². The van der Waals surface area contributed by atoms with Crippen molar-refractivity contribution in [1.29, 1.82) is 0 Å². The first kappa shape index (κ1) is 15.3. The highest BCUT2D eigenvalue weighted by molar-refractivity contribution is 5.84. The molecule has 1 N–H and O–H groups in total. The molecular formula is C19H26N2O. The lowest BCUT2D eigenvalue weighted by Crippen LogP contribution is -2.31. The van der Waals surface area contributed by atoms with Crippen LogP contribution in [0.15, 0.2) is 41.6 Å². The summed E-state index contributed by atoms with van der Waals surface area (Å²) in [5.74, 6) is 0.810. The Morgan fingerprint density at radius 1 is 1.09 bits per heavy atom. The smallest absolute Gasteiger partial charge is 0.0571 e. The molecule has 0 amide bonds. The van der Waals surface area contributed by atoms with Gasteiger partial charge < -0.3 is 5.21 Å². The Hall–Kier alpha value is -1.61. The predicted molar refractivity (Wildman–Crippen MR) is 91.3 cm³/mol. The monoisotopic (exact) mass is 298 g/mol. The molecule has 2 aliphatic rings. The van der Waals surface area contributed by atoms with Crippen LogP contribution in [0, 0.1) is 5.92 Å². The molecule has 0 spiro atoms. The van der Waals surface area contributed by atoms with E-state index in [1.165, 1.54) is 43.5 Å². The molecule has 0 saturated heterocycles. The van der Waals surface area contributed by atoms with Crippen molar-refractivity contribution in [2.24, 2.45) is 11.1 Å². The molecule has 1 aromatic rings. The van der Waals surface area contributed by atoms with E-state index in [0.717, 1.165) is 37.4 Å². The van der Waals surface area contributed by atoms with E-state index in [1.54, 1.807) is 0 Å². The van der Waals surface area contributed by atoms with Gasteiger partial charge in [-0.15, -0.1) is 0 Å². The fourth-order valence-electron chi connectivity index (χ4n) is 3.59. The van der Waals surface area contributed by atoms with Crippen LogP contribution in [0.1, 0.15) is 44.1 Å². The number of rotatable bonds is 4. The van der Waals surface area contributed by atoms with E-state index < -0.39 is 0 Å². The van der Waals surface area contributed by atoms with Crippen molar-refractivity contribution in [1.82, 2.24) is 4.90 Å². The molecule has 1 aliphatic heterocycles. The predicted octanol–water partition coefficient (Wildman–Crippen LogP) is 4.19. The van der Waals surface area contributed by atoms with Gasteiger partial charge >= 0.3 is 0 Å². The van der Waals surface area contributed by atoms with Crippen LogP contribution in [0.5, 0.6) is 0 Å². The molecule has 0 radical (unpaired) electrons. The minimum absolute atomic E-state index is 0.810. The molecule has 0 aromatic heterocycles. The Morgan fingerprint density at radius 3 is 2.50 bits per heavy atom. The van der Waals surface area contributed by atoms with Crippen LogP contribution < -0.4 is 0 Å². The number of hydrogen-bond donors (Lipinski definition) is 1. The molecule has 1 aliphatic carbocycles. The molecule has 3 rings (SSSR count). The fraction of sp³-hybridized carbons (Fsp3) is 0.526. The van der Waals surface area contributed by atoms with Crippen molar-refractivity contribution in [3.63, 3.8) is 0 Å². The Bertz CT molecular complexity index is 526. The van der Waals surface area contributed by atoms with Gasteiger partial charge in [-0.2, -0.15) is 0 Å². The van der Waals surface area contributed by atoms with Gasteiger partial charge in [-0.1, -0.05) is 41.6 Å². The van der Waals surface area contributed by atoms with Crippen LogP contribution in [0.4, 0.5) is 0 Å². The molecule has 118 valence electrons. The summed E-state index contributed by atoms with van der Waals surface area (Å²) in [6, 6.07) is 10.7. The Balaban J connectivity index is 1.43. The summed E-state index contributed by atoms with van der Waals surface area (Å²) >= 11 is 0. The average molecular weight is 298 g/mol. The first-order valence-electron chi connectivity index (χ1n) is 8.52. The van der Waals surface area contributed by atoms with Crippen molar-refractivity contribution in [2.45, 2.75) is 38.5 Å². The van der Waals surface area contributed by atoms with E-state index in [0.29, 0.717) is 0 Å². The summed E-state index contributed by atoms with van der Waals surface area (Å²) in [6.45, 7) is 3.46. The maximum absolute atomic E-state index is 8.80. The number of benzene rings is 1. The SMILES string of the molecule is ON=C1CCC(CCN2CC=C(c3ccccc3)CC2)CC1. The van der Waals surface area contributed by atoms with Gasteiger partial charge in [-0.25, -0.2) is 0 Å². The van der Waals surface area contributed by atoms with Crippen LogP contribution in [0.2, 0.25) is 0 Å². The third-order valence-corrected chi connectivity index (χ3v) is 5.12. The van der Waals surface area contributed by atoms with E-state index in [2.05, 4.69) is 46.5 Å². The number of hydrogen-bond acceptors (Lipinski definition) is 3. The zero-order valence-electron chi connectivity index (χ0n) is 13.2. The van der Waals surface area contributed by atoms with E-state index >= 15 is 0 Å². The lowest BCUT2D eigenvalue weighted by atomic mass is 9.85. The second-order valence-corrected chi connectivity index (χ2v) is 6.54. The van der Waals surface area contributed by atoms with Gasteiger partial charge in [0.2, 0.25) is 0 Å². The normalized spacial score (nSPS) is 23.2. The second-order valence-electron chi connectivity index (χ2n) is 6.54. The van der Waals surface area contributed by atoms with Crippen LogP contribution in [0.25, 0.3) is 5.57 Å². The van der Waals surface area contributed by atoms with Gasteiger partial charge in [0, 0.05) is 13.1 Å². The second kappa shape index (κ2) is 7.59. The van der Waals surface area contributed by atoms with Crippen LogP contribution in [-0.2, 0) is 0 Å². The first-order chi connectivity index (χ1) is 10.8. The molecule has 0 bridgehead atoms. The zero-order chi connectivity index (χ0) is 15.2. The van der Waals surface area contributed by atoms with E-state index in [1.807, 2.05) is 0 Å². The molecule has 1 fully saturated rings. The van der Waals surface area contributed by atoms with Gasteiger partial charge in [0.1, 0.15) is 0 Å². The minimum Gasteiger partial charge on any atom is -0.411 e. The average Bonchev–Trinajstić information content (AvgIpc) is 2.61. The van der Waals surface area contributed by atoms with Gasteiger partial charge in [-0.3, -0.25) is 4.90 Å². The quantitative estimate of drug-likeness (QED) is 0.668. The van der Waals surface area contributed by atoms with Gasteiger partial charge in [0.15, 0.2) is 0 Å². The molecule has 22 heavy (non-hydrogen) atoms. The molecule has 1 heterocycles. The summed E-state index contributed by atoms with van der Waals surface area (Å²) in [4.78, 5) is 2.57. The highest BCUT2D eigenvalue weighted by Gasteiger charge is 2.19. The van der Waals surface area contributed by atoms with Crippen molar-refractivity contribution >= 4 is 11.3 Å². The highest BCUT2D eigenvalue weighted by Crippen LogP contribution is 2.27. The summed E-state index contributed by atoms with van der Waals surface area (Å²) in [6.07, 6.45) is 9.20. The van der Waals surface area contributed by atoms with Gasteiger partial charge in [0.25, 0.3) is 0 Å². The van der Waals surface area contributed by atoms with Crippen molar-refractivity contribution in [3.8, 4) is 0 Å². The van der Waals surface area contributed by atoms with Crippen molar-refractivity contribution < 1.29 is 5.21 Å². The van der Waals surface area contributed by atoms with Gasteiger partial charge in [-0.05, 0) is 62.1 Å². The minimum atomic E-state index is 0.810. The van der Waals surface area contributed by atoms with Crippen molar-refractivity contribution in [3.05, 3.63) is 42.0 Å².